The maximum absolute atomic E-state index is 13.5. The van der Waals surface area contributed by atoms with Gasteiger partial charge < -0.3 is 10.2 Å². The average Bonchev–Trinajstić information content (AvgIpc) is 2.94. The predicted octanol–water partition coefficient (Wildman–Crippen LogP) is 5.92. The molecule has 0 aliphatic carbocycles. The normalized spacial score (nSPS) is 14.5. The molecule has 40 heavy (non-hydrogen) atoms. The van der Waals surface area contributed by atoms with Gasteiger partial charge in [0, 0.05) is 44.0 Å². The van der Waals surface area contributed by atoms with E-state index in [0.717, 1.165) is 38.2 Å². The number of nitrogens with zero attached hydrogens (tertiary/aromatic N) is 3. The summed E-state index contributed by atoms with van der Waals surface area (Å²) < 4.78 is 28.2. The number of para-hydroxylation sites is 1. The number of pyridine rings is 1. The van der Waals surface area contributed by atoms with E-state index >= 15 is 0 Å². The van der Waals surface area contributed by atoms with E-state index in [0.29, 0.717) is 39.9 Å². The van der Waals surface area contributed by atoms with Gasteiger partial charge in [0.15, 0.2) is 0 Å². The maximum atomic E-state index is 13.5. The number of benzene rings is 2. The first-order valence-corrected chi connectivity index (χ1v) is 15.4. The monoisotopic (exact) mass is 580 g/mol. The highest BCUT2D eigenvalue weighted by Gasteiger charge is 2.25. The molecule has 1 N–H and O–H groups in total. The summed E-state index contributed by atoms with van der Waals surface area (Å²) in [5.74, 6) is 1.42. The minimum Gasteiger partial charge on any atom is -0.356 e. The number of carbonyl (C=O) groups is 1. The Morgan fingerprint density at radius 2 is 1.80 bits per heavy atom. The van der Waals surface area contributed by atoms with Crippen LogP contribution in [-0.2, 0) is 14.8 Å². The summed E-state index contributed by atoms with van der Waals surface area (Å²) in [4.78, 5) is 19.7. The lowest BCUT2D eigenvalue weighted by molar-refractivity contribution is -0.116. The number of rotatable bonds is 9. The number of hydrogen-bond donors (Lipinski definition) is 1. The van der Waals surface area contributed by atoms with E-state index in [9.17, 15) is 13.2 Å². The molecule has 1 aliphatic heterocycles. The number of nitrogens with one attached hydrogen (secondary N) is 1. The second-order valence-corrected chi connectivity index (χ2v) is 12.7. The van der Waals surface area contributed by atoms with Crippen molar-refractivity contribution in [2.75, 3.05) is 35.9 Å². The summed E-state index contributed by atoms with van der Waals surface area (Å²) in [6.07, 6.45) is 8.03. The number of halogens is 1. The zero-order chi connectivity index (χ0) is 28.9. The van der Waals surface area contributed by atoms with Crippen molar-refractivity contribution in [3.63, 3.8) is 0 Å². The average molecular weight is 581 g/mol. The summed E-state index contributed by atoms with van der Waals surface area (Å²) in [6.45, 7) is 8.14. The number of piperidine rings is 1. The minimum atomic E-state index is -3.84. The first-order chi connectivity index (χ1) is 19.1. The number of anilines is 2. The number of amides is 1. The van der Waals surface area contributed by atoms with Crippen molar-refractivity contribution in [1.82, 2.24) is 10.3 Å². The van der Waals surface area contributed by atoms with Gasteiger partial charge in [-0.15, -0.1) is 0 Å². The fraction of sp³-hybridized carbons (Fsp3) is 0.355. The first-order valence-electron chi connectivity index (χ1n) is 13.5. The van der Waals surface area contributed by atoms with Crippen molar-refractivity contribution in [3.8, 4) is 0 Å². The molecule has 212 valence electrons. The zero-order valence-electron chi connectivity index (χ0n) is 23.5. The van der Waals surface area contributed by atoms with Gasteiger partial charge in [-0.2, -0.15) is 0 Å². The minimum absolute atomic E-state index is 0.203. The number of aryl methyl sites for hydroxylation is 3. The third-order valence-electron chi connectivity index (χ3n) is 7.53. The van der Waals surface area contributed by atoms with E-state index in [-0.39, 0.29) is 10.8 Å². The molecule has 0 unspecified atom stereocenters. The van der Waals surface area contributed by atoms with Crippen molar-refractivity contribution in [2.45, 2.75) is 44.9 Å². The molecule has 0 atom stereocenters. The smallest absolute Gasteiger partial charge is 0.264 e. The largest absolute Gasteiger partial charge is 0.356 e. The molecule has 9 heteroatoms. The van der Waals surface area contributed by atoms with Gasteiger partial charge >= 0.3 is 0 Å². The topological polar surface area (TPSA) is 82.6 Å². The maximum Gasteiger partial charge on any atom is 0.264 e. The highest BCUT2D eigenvalue weighted by atomic mass is 35.5. The Bertz CT molecular complexity index is 1500. The Morgan fingerprint density at radius 1 is 1.07 bits per heavy atom. The fourth-order valence-electron chi connectivity index (χ4n) is 5.09. The second-order valence-electron chi connectivity index (χ2n) is 10.4. The van der Waals surface area contributed by atoms with E-state index in [1.807, 2.05) is 18.3 Å². The Hall–Kier alpha value is -3.36. The van der Waals surface area contributed by atoms with Gasteiger partial charge in [-0.3, -0.25) is 9.10 Å². The third-order valence-corrected chi connectivity index (χ3v) is 9.85. The van der Waals surface area contributed by atoms with E-state index in [2.05, 4.69) is 28.2 Å². The lowest BCUT2D eigenvalue weighted by atomic mass is 9.93. The third kappa shape index (κ3) is 6.85. The predicted molar refractivity (Wildman–Crippen MR) is 164 cm³/mol. The summed E-state index contributed by atoms with van der Waals surface area (Å²) in [5.41, 5.74) is 3.57. The zero-order valence-corrected chi connectivity index (χ0v) is 25.1. The van der Waals surface area contributed by atoms with Crippen LogP contribution in [0.1, 0.15) is 41.5 Å². The summed E-state index contributed by atoms with van der Waals surface area (Å²) in [6, 6.07) is 14.4. The van der Waals surface area contributed by atoms with Crippen LogP contribution in [0.2, 0.25) is 5.02 Å². The SMILES string of the molecule is Cc1cc(S(=O)(=O)N(C)c2ccccc2/C=C/C(=O)NCCC2CCN(c3ncccc3C)CC2)c(C)cc1Cl. The van der Waals surface area contributed by atoms with E-state index < -0.39 is 10.0 Å². The van der Waals surface area contributed by atoms with Crippen LogP contribution < -0.4 is 14.5 Å². The molecule has 0 radical (unpaired) electrons. The quantitative estimate of drug-likeness (QED) is 0.318. The molecule has 0 bridgehead atoms. The molecule has 1 saturated heterocycles. The van der Waals surface area contributed by atoms with Crippen molar-refractivity contribution in [2.24, 2.45) is 5.92 Å². The molecule has 4 rings (SSSR count). The van der Waals surface area contributed by atoms with E-state index in [1.54, 1.807) is 50.3 Å². The number of hydrogen-bond acceptors (Lipinski definition) is 5. The van der Waals surface area contributed by atoms with Crippen LogP contribution in [0.5, 0.6) is 0 Å². The second kappa shape index (κ2) is 12.9. The molecular weight excluding hydrogens is 544 g/mol. The molecular formula is C31H37ClN4O3S. The number of sulfonamides is 1. The highest BCUT2D eigenvalue weighted by Crippen LogP contribution is 2.31. The van der Waals surface area contributed by atoms with Crippen molar-refractivity contribution >= 4 is 45.1 Å². The molecule has 7 nitrogen and oxygen atoms in total. The lowest BCUT2D eigenvalue weighted by Crippen LogP contribution is -2.36. The molecule has 1 fully saturated rings. The van der Waals surface area contributed by atoms with Crippen molar-refractivity contribution < 1.29 is 13.2 Å². The van der Waals surface area contributed by atoms with E-state index in [1.165, 1.54) is 23.0 Å². The highest BCUT2D eigenvalue weighted by molar-refractivity contribution is 7.92. The number of aromatic nitrogens is 1. The fourth-order valence-corrected chi connectivity index (χ4v) is 6.82. The molecule has 2 aromatic carbocycles. The molecule has 0 spiro atoms. The first kappa shape index (κ1) is 29.6. The molecule has 0 saturated carbocycles. The van der Waals surface area contributed by atoms with Gasteiger partial charge in [-0.25, -0.2) is 13.4 Å². The Labute approximate surface area is 242 Å². The Balaban J connectivity index is 1.33. The van der Waals surface area contributed by atoms with Gasteiger partial charge in [0.05, 0.1) is 10.6 Å². The summed E-state index contributed by atoms with van der Waals surface area (Å²) in [7, 11) is -2.32. The van der Waals surface area contributed by atoms with E-state index in [4.69, 9.17) is 11.6 Å². The number of carbonyl (C=O) groups excluding carboxylic acids is 1. The molecule has 3 aromatic rings. The van der Waals surface area contributed by atoms with Crippen LogP contribution in [0.4, 0.5) is 11.5 Å². The summed E-state index contributed by atoms with van der Waals surface area (Å²) >= 11 is 6.18. The Morgan fingerprint density at radius 3 is 2.52 bits per heavy atom. The van der Waals surface area contributed by atoms with Gasteiger partial charge in [-0.05, 0) is 98.5 Å². The van der Waals surface area contributed by atoms with Crippen LogP contribution in [0, 0.1) is 26.7 Å². The van der Waals surface area contributed by atoms with Crippen LogP contribution in [0.15, 0.2) is 65.7 Å². The molecule has 1 amide bonds. The lowest BCUT2D eigenvalue weighted by Gasteiger charge is -2.33. The van der Waals surface area contributed by atoms with Crippen molar-refractivity contribution in [3.05, 3.63) is 88.1 Å². The molecule has 2 heterocycles. The Kier molecular flexibility index (Phi) is 9.53. The van der Waals surface area contributed by atoms with Crippen LogP contribution in [-0.4, -0.2) is 46.0 Å². The van der Waals surface area contributed by atoms with Crippen molar-refractivity contribution in [1.29, 1.82) is 0 Å². The summed E-state index contributed by atoms with van der Waals surface area (Å²) in [5, 5.41) is 3.51. The van der Waals surface area contributed by atoms with Crippen LogP contribution >= 0.6 is 11.6 Å². The van der Waals surface area contributed by atoms with Crippen LogP contribution in [0.3, 0.4) is 0 Å². The van der Waals surface area contributed by atoms with Crippen LogP contribution in [0.25, 0.3) is 6.08 Å². The van der Waals surface area contributed by atoms with Gasteiger partial charge in [0.1, 0.15) is 5.82 Å². The molecule has 1 aliphatic rings. The standard InChI is InChI=1S/C31H37ClN4O3S/c1-22-8-7-16-34-31(22)36-18-14-25(15-19-36)13-17-33-30(37)12-11-26-9-5-6-10-28(26)35(4)40(38,39)29-21-23(2)27(32)20-24(29)3/h5-12,16,20-21,25H,13-15,17-19H2,1-4H3,(H,33,37)/b12-11+. The van der Waals surface area contributed by atoms with Gasteiger partial charge in [0.2, 0.25) is 5.91 Å². The van der Waals surface area contributed by atoms with Gasteiger partial charge in [-0.1, -0.05) is 35.9 Å². The van der Waals surface area contributed by atoms with Gasteiger partial charge in [0.25, 0.3) is 10.0 Å². The molecule has 1 aromatic heterocycles.